The Labute approximate surface area is 127 Å². The standard InChI is InChI=1S/C16H16FN5/c1-2-12-8-15(22-16(20-12)18-9-19-22)21-14-6-4-10-3-5-11(17)7-13(10)14/h3,5,7-9,14,21H,2,4,6H2,1H3. The third kappa shape index (κ3) is 2.11. The van der Waals surface area contributed by atoms with Gasteiger partial charge in [0.25, 0.3) is 5.78 Å². The first-order chi connectivity index (χ1) is 10.7. The number of anilines is 1. The molecule has 0 spiro atoms. The quantitative estimate of drug-likeness (QED) is 0.807. The van der Waals surface area contributed by atoms with Crippen LogP contribution in [0.5, 0.6) is 0 Å². The Balaban J connectivity index is 1.73. The maximum atomic E-state index is 13.5. The van der Waals surface area contributed by atoms with E-state index in [0.29, 0.717) is 5.78 Å². The zero-order chi connectivity index (χ0) is 15.1. The molecule has 4 rings (SSSR count). The van der Waals surface area contributed by atoms with Crippen LogP contribution in [0, 0.1) is 5.82 Å². The summed E-state index contributed by atoms with van der Waals surface area (Å²) in [5.41, 5.74) is 3.20. The van der Waals surface area contributed by atoms with Crippen molar-refractivity contribution in [1.29, 1.82) is 0 Å². The molecule has 0 radical (unpaired) electrons. The van der Waals surface area contributed by atoms with Crippen molar-refractivity contribution in [2.75, 3.05) is 5.32 Å². The van der Waals surface area contributed by atoms with Crippen molar-refractivity contribution >= 4 is 11.6 Å². The Morgan fingerprint density at radius 1 is 1.36 bits per heavy atom. The molecule has 6 heteroatoms. The number of nitrogens with one attached hydrogen (secondary N) is 1. The van der Waals surface area contributed by atoms with E-state index in [0.717, 1.165) is 36.3 Å². The van der Waals surface area contributed by atoms with Gasteiger partial charge in [0.1, 0.15) is 18.0 Å². The zero-order valence-corrected chi connectivity index (χ0v) is 12.3. The molecule has 0 saturated carbocycles. The SMILES string of the molecule is CCc1cc(NC2CCc3ccc(F)cc32)n2ncnc2n1. The molecule has 5 nitrogen and oxygen atoms in total. The maximum absolute atomic E-state index is 13.5. The van der Waals surface area contributed by atoms with Crippen molar-refractivity contribution in [3.05, 3.63) is 53.2 Å². The molecule has 112 valence electrons. The summed E-state index contributed by atoms with van der Waals surface area (Å²) in [6, 6.07) is 7.10. The Bertz CT molecular complexity index is 842. The monoisotopic (exact) mass is 297 g/mol. The molecule has 22 heavy (non-hydrogen) atoms. The Hall–Kier alpha value is -2.50. The third-order valence-electron chi connectivity index (χ3n) is 4.17. The van der Waals surface area contributed by atoms with Crippen LogP contribution >= 0.6 is 0 Å². The molecule has 0 bridgehead atoms. The highest BCUT2D eigenvalue weighted by atomic mass is 19.1. The number of benzene rings is 1. The Morgan fingerprint density at radius 2 is 2.27 bits per heavy atom. The number of aromatic nitrogens is 4. The summed E-state index contributed by atoms with van der Waals surface area (Å²) in [6.07, 6.45) is 4.22. The van der Waals surface area contributed by atoms with Crippen LogP contribution in [-0.4, -0.2) is 19.6 Å². The number of hydrogen-bond donors (Lipinski definition) is 1. The van der Waals surface area contributed by atoms with Crippen LogP contribution in [0.15, 0.2) is 30.6 Å². The van der Waals surface area contributed by atoms with Crippen molar-refractivity contribution in [2.24, 2.45) is 0 Å². The molecule has 1 aromatic carbocycles. The molecule has 2 aromatic heterocycles. The molecular formula is C16H16FN5. The second-order valence-electron chi connectivity index (χ2n) is 5.54. The van der Waals surface area contributed by atoms with Gasteiger partial charge in [-0.25, -0.2) is 9.37 Å². The second kappa shape index (κ2) is 5.05. The smallest absolute Gasteiger partial charge is 0.254 e. The molecule has 0 fully saturated rings. The molecule has 1 unspecified atom stereocenters. The van der Waals surface area contributed by atoms with Crippen LogP contribution in [-0.2, 0) is 12.8 Å². The highest BCUT2D eigenvalue weighted by molar-refractivity contribution is 5.49. The number of hydrogen-bond acceptors (Lipinski definition) is 4. The van der Waals surface area contributed by atoms with Crippen LogP contribution in [0.3, 0.4) is 0 Å². The molecule has 1 aliphatic carbocycles. The van der Waals surface area contributed by atoms with Gasteiger partial charge < -0.3 is 5.32 Å². The largest absolute Gasteiger partial charge is 0.363 e. The van der Waals surface area contributed by atoms with E-state index in [4.69, 9.17) is 0 Å². The van der Waals surface area contributed by atoms with Crippen molar-refractivity contribution in [1.82, 2.24) is 19.6 Å². The lowest BCUT2D eigenvalue weighted by Gasteiger charge is -2.16. The molecule has 0 amide bonds. The number of halogens is 1. The topological polar surface area (TPSA) is 55.1 Å². The first-order valence-corrected chi connectivity index (χ1v) is 7.49. The molecule has 2 heterocycles. The van der Waals surface area contributed by atoms with Gasteiger partial charge in [0.15, 0.2) is 0 Å². The van der Waals surface area contributed by atoms with Gasteiger partial charge in [-0.05, 0) is 42.5 Å². The number of fused-ring (bicyclic) bond motifs is 2. The summed E-state index contributed by atoms with van der Waals surface area (Å²) in [6.45, 7) is 2.05. The zero-order valence-electron chi connectivity index (χ0n) is 12.3. The number of rotatable bonds is 3. The van der Waals surface area contributed by atoms with Gasteiger partial charge in [0.05, 0.1) is 6.04 Å². The average molecular weight is 297 g/mol. The van der Waals surface area contributed by atoms with E-state index >= 15 is 0 Å². The van der Waals surface area contributed by atoms with E-state index in [1.807, 2.05) is 12.1 Å². The number of aryl methyl sites for hydroxylation is 2. The van der Waals surface area contributed by atoms with Crippen LogP contribution in [0.4, 0.5) is 10.2 Å². The first kappa shape index (κ1) is 13.2. The summed E-state index contributed by atoms with van der Waals surface area (Å²) in [5.74, 6) is 1.24. The van der Waals surface area contributed by atoms with Crippen molar-refractivity contribution in [2.45, 2.75) is 32.2 Å². The third-order valence-corrected chi connectivity index (χ3v) is 4.17. The van der Waals surface area contributed by atoms with E-state index in [1.165, 1.54) is 18.0 Å². The fourth-order valence-corrected chi connectivity index (χ4v) is 3.05. The average Bonchev–Trinajstić information content (AvgIpc) is 3.14. The summed E-state index contributed by atoms with van der Waals surface area (Å²) in [4.78, 5) is 8.60. The van der Waals surface area contributed by atoms with Crippen LogP contribution < -0.4 is 5.32 Å². The predicted octanol–water partition coefficient (Wildman–Crippen LogP) is 2.93. The van der Waals surface area contributed by atoms with Crippen LogP contribution in [0.25, 0.3) is 5.78 Å². The van der Waals surface area contributed by atoms with Gasteiger partial charge in [-0.3, -0.25) is 0 Å². The Morgan fingerprint density at radius 3 is 3.14 bits per heavy atom. The minimum absolute atomic E-state index is 0.0882. The minimum Gasteiger partial charge on any atom is -0.363 e. The van der Waals surface area contributed by atoms with E-state index in [9.17, 15) is 4.39 Å². The Kier molecular flexibility index (Phi) is 3.03. The molecule has 3 aromatic rings. The minimum atomic E-state index is -0.192. The highest BCUT2D eigenvalue weighted by Crippen LogP contribution is 2.34. The van der Waals surface area contributed by atoms with E-state index in [2.05, 4.69) is 27.3 Å². The lowest BCUT2D eigenvalue weighted by molar-refractivity contribution is 0.623. The normalized spacial score (nSPS) is 16.9. The second-order valence-corrected chi connectivity index (χ2v) is 5.54. The summed E-state index contributed by atoms with van der Waals surface area (Å²) in [7, 11) is 0. The van der Waals surface area contributed by atoms with Gasteiger partial charge in [0, 0.05) is 11.8 Å². The van der Waals surface area contributed by atoms with Crippen molar-refractivity contribution < 1.29 is 4.39 Å². The van der Waals surface area contributed by atoms with Crippen LogP contribution in [0.2, 0.25) is 0 Å². The molecule has 0 aliphatic heterocycles. The number of nitrogens with zero attached hydrogens (tertiary/aromatic N) is 4. The van der Waals surface area contributed by atoms with E-state index < -0.39 is 0 Å². The molecule has 1 aliphatic rings. The summed E-state index contributed by atoms with van der Waals surface area (Å²) < 4.78 is 15.2. The maximum Gasteiger partial charge on any atom is 0.254 e. The van der Waals surface area contributed by atoms with Gasteiger partial charge in [-0.2, -0.15) is 14.6 Å². The lowest BCUT2D eigenvalue weighted by Crippen LogP contribution is -2.12. The van der Waals surface area contributed by atoms with Gasteiger partial charge in [-0.1, -0.05) is 13.0 Å². The highest BCUT2D eigenvalue weighted by Gasteiger charge is 2.24. The van der Waals surface area contributed by atoms with Crippen LogP contribution in [0.1, 0.15) is 36.2 Å². The van der Waals surface area contributed by atoms with Gasteiger partial charge >= 0.3 is 0 Å². The van der Waals surface area contributed by atoms with Crippen molar-refractivity contribution in [3.8, 4) is 0 Å². The lowest BCUT2D eigenvalue weighted by atomic mass is 10.1. The fourth-order valence-electron chi connectivity index (χ4n) is 3.05. The fraction of sp³-hybridized carbons (Fsp3) is 0.312. The predicted molar refractivity (Wildman–Crippen MR) is 81.2 cm³/mol. The summed E-state index contributed by atoms with van der Waals surface area (Å²) >= 11 is 0. The van der Waals surface area contributed by atoms with Gasteiger partial charge in [-0.15, -0.1) is 0 Å². The van der Waals surface area contributed by atoms with Gasteiger partial charge in [0.2, 0.25) is 0 Å². The first-order valence-electron chi connectivity index (χ1n) is 7.49. The molecule has 1 atom stereocenters. The summed E-state index contributed by atoms with van der Waals surface area (Å²) in [5, 5.41) is 7.70. The molecular weight excluding hydrogens is 281 g/mol. The van der Waals surface area contributed by atoms with E-state index in [-0.39, 0.29) is 11.9 Å². The van der Waals surface area contributed by atoms with Crippen molar-refractivity contribution in [3.63, 3.8) is 0 Å². The molecule has 0 saturated heterocycles. The molecule has 1 N–H and O–H groups in total. The van der Waals surface area contributed by atoms with E-state index in [1.54, 1.807) is 10.6 Å².